The number of rotatable bonds is 3. The normalized spacial score (nSPS) is 16.7. The predicted molar refractivity (Wildman–Crippen MR) is 52.7 cm³/mol. The van der Waals surface area contributed by atoms with E-state index in [2.05, 4.69) is 4.74 Å². The summed E-state index contributed by atoms with van der Waals surface area (Å²) in [5, 5.41) is 9.54. The fourth-order valence-corrected chi connectivity index (χ4v) is 1.38. The second-order valence-corrected chi connectivity index (χ2v) is 4.16. The van der Waals surface area contributed by atoms with Crippen LogP contribution in [0.2, 0.25) is 0 Å². The van der Waals surface area contributed by atoms with Crippen LogP contribution >= 0.6 is 0 Å². The van der Waals surface area contributed by atoms with Crippen LogP contribution in [0.15, 0.2) is 11.8 Å². The van der Waals surface area contributed by atoms with Gasteiger partial charge in [-0.2, -0.15) is 0 Å². The minimum absolute atomic E-state index is 0.0444. The van der Waals surface area contributed by atoms with Gasteiger partial charge in [-0.3, -0.25) is 4.79 Å². The zero-order valence-electron chi connectivity index (χ0n) is 9.11. The Balaban J connectivity index is 2.72. The van der Waals surface area contributed by atoms with E-state index in [-0.39, 0.29) is 18.9 Å². The molecule has 0 aliphatic carbocycles. The number of methoxy groups -OCH3 is 1. The Hall–Kier alpha value is -1.36. The molecule has 5 heteroatoms. The van der Waals surface area contributed by atoms with Gasteiger partial charge < -0.3 is 14.7 Å². The Morgan fingerprint density at radius 3 is 2.73 bits per heavy atom. The van der Waals surface area contributed by atoms with E-state index in [9.17, 15) is 14.7 Å². The Bertz CT molecular complexity index is 314. The summed E-state index contributed by atoms with van der Waals surface area (Å²) < 4.78 is 4.51. The number of amides is 1. The SMILES string of the molecule is COC(=O)C1=CN(CC(C)(C)O)C(=O)C1. The first-order chi connectivity index (χ1) is 6.83. The maximum Gasteiger partial charge on any atom is 0.335 e. The molecule has 1 aliphatic rings. The highest BCUT2D eigenvalue weighted by atomic mass is 16.5. The Labute approximate surface area is 88.3 Å². The quantitative estimate of drug-likeness (QED) is 0.672. The van der Waals surface area contributed by atoms with Gasteiger partial charge in [0.15, 0.2) is 0 Å². The molecule has 1 rings (SSSR count). The van der Waals surface area contributed by atoms with Gasteiger partial charge in [0.25, 0.3) is 0 Å². The van der Waals surface area contributed by atoms with E-state index in [0.717, 1.165) is 0 Å². The Morgan fingerprint density at radius 2 is 2.27 bits per heavy atom. The zero-order valence-corrected chi connectivity index (χ0v) is 9.11. The molecule has 0 radical (unpaired) electrons. The maximum absolute atomic E-state index is 11.4. The highest BCUT2D eigenvalue weighted by Gasteiger charge is 2.29. The van der Waals surface area contributed by atoms with E-state index < -0.39 is 11.6 Å². The van der Waals surface area contributed by atoms with Crippen LogP contribution in [0.4, 0.5) is 0 Å². The van der Waals surface area contributed by atoms with Crippen LogP contribution in [0.1, 0.15) is 20.3 Å². The zero-order chi connectivity index (χ0) is 11.6. The van der Waals surface area contributed by atoms with Crippen molar-refractivity contribution < 1.29 is 19.4 Å². The van der Waals surface area contributed by atoms with Crippen molar-refractivity contribution in [2.24, 2.45) is 0 Å². The summed E-state index contributed by atoms with van der Waals surface area (Å²) in [4.78, 5) is 23.9. The second-order valence-electron chi connectivity index (χ2n) is 4.16. The third-order valence-electron chi connectivity index (χ3n) is 1.98. The largest absolute Gasteiger partial charge is 0.466 e. The smallest absolute Gasteiger partial charge is 0.335 e. The lowest BCUT2D eigenvalue weighted by Crippen LogP contribution is -2.37. The fourth-order valence-electron chi connectivity index (χ4n) is 1.38. The van der Waals surface area contributed by atoms with Gasteiger partial charge in [-0.15, -0.1) is 0 Å². The third kappa shape index (κ3) is 3.06. The number of hydrogen-bond acceptors (Lipinski definition) is 4. The van der Waals surface area contributed by atoms with Gasteiger partial charge in [0.1, 0.15) is 0 Å². The van der Waals surface area contributed by atoms with Crippen molar-refractivity contribution in [2.75, 3.05) is 13.7 Å². The number of aliphatic hydroxyl groups is 1. The molecule has 1 heterocycles. The molecule has 0 unspecified atom stereocenters. The Kier molecular flexibility index (Phi) is 3.14. The number of esters is 1. The third-order valence-corrected chi connectivity index (χ3v) is 1.98. The molecule has 0 aromatic heterocycles. The molecule has 1 N–H and O–H groups in total. The summed E-state index contributed by atoms with van der Waals surface area (Å²) >= 11 is 0. The molecule has 15 heavy (non-hydrogen) atoms. The van der Waals surface area contributed by atoms with Crippen molar-refractivity contribution >= 4 is 11.9 Å². The van der Waals surface area contributed by atoms with Crippen LogP contribution in [0.5, 0.6) is 0 Å². The lowest BCUT2D eigenvalue weighted by molar-refractivity contribution is -0.137. The van der Waals surface area contributed by atoms with E-state index in [1.807, 2.05) is 0 Å². The minimum atomic E-state index is -0.974. The standard InChI is InChI=1S/C10H15NO4/c1-10(2,14)6-11-5-7(4-8(11)12)9(13)15-3/h5,14H,4,6H2,1-3H3. The summed E-state index contributed by atoms with van der Waals surface area (Å²) in [5.41, 5.74) is -0.649. The molecule has 0 atom stereocenters. The highest BCUT2D eigenvalue weighted by Crippen LogP contribution is 2.19. The number of β-amino-alcohol motifs (C(OH)–C–C–N with tert-alkyl or cyclic N) is 1. The molecular weight excluding hydrogens is 198 g/mol. The van der Waals surface area contributed by atoms with E-state index >= 15 is 0 Å². The number of carbonyl (C=O) groups excluding carboxylic acids is 2. The lowest BCUT2D eigenvalue weighted by atomic mass is 10.1. The highest BCUT2D eigenvalue weighted by molar-refractivity contribution is 5.98. The average molecular weight is 213 g/mol. The summed E-state index contributed by atoms with van der Waals surface area (Å²) in [5.74, 6) is -0.695. The van der Waals surface area contributed by atoms with Gasteiger partial charge in [0.05, 0.1) is 31.2 Å². The molecular formula is C10H15NO4. The van der Waals surface area contributed by atoms with Gasteiger partial charge in [0, 0.05) is 6.20 Å². The van der Waals surface area contributed by atoms with Crippen LogP contribution in [-0.2, 0) is 14.3 Å². The maximum atomic E-state index is 11.4. The van der Waals surface area contributed by atoms with Gasteiger partial charge in [-0.1, -0.05) is 0 Å². The van der Waals surface area contributed by atoms with Gasteiger partial charge >= 0.3 is 5.97 Å². The van der Waals surface area contributed by atoms with Crippen molar-refractivity contribution in [3.05, 3.63) is 11.8 Å². The van der Waals surface area contributed by atoms with Crippen molar-refractivity contribution in [2.45, 2.75) is 25.9 Å². The van der Waals surface area contributed by atoms with Crippen molar-refractivity contribution in [1.82, 2.24) is 4.90 Å². The first-order valence-corrected chi connectivity index (χ1v) is 4.64. The molecule has 0 spiro atoms. The van der Waals surface area contributed by atoms with Crippen LogP contribution in [0.3, 0.4) is 0 Å². The van der Waals surface area contributed by atoms with Crippen LogP contribution in [0.25, 0.3) is 0 Å². The van der Waals surface area contributed by atoms with Crippen LogP contribution in [-0.4, -0.2) is 41.1 Å². The van der Waals surface area contributed by atoms with E-state index in [1.54, 1.807) is 13.8 Å². The van der Waals surface area contributed by atoms with Crippen LogP contribution in [0, 0.1) is 0 Å². The number of carbonyl (C=O) groups is 2. The van der Waals surface area contributed by atoms with Crippen molar-refractivity contribution in [1.29, 1.82) is 0 Å². The van der Waals surface area contributed by atoms with Gasteiger partial charge in [-0.05, 0) is 13.8 Å². The number of ether oxygens (including phenoxy) is 1. The number of nitrogens with zero attached hydrogens (tertiary/aromatic N) is 1. The lowest BCUT2D eigenvalue weighted by Gasteiger charge is -2.23. The molecule has 1 amide bonds. The molecule has 0 fully saturated rings. The van der Waals surface area contributed by atoms with E-state index in [0.29, 0.717) is 5.57 Å². The summed E-state index contributed by atoms with van der Waals surface area (Å²) in [6.45, 7) is 3.38. The van der Waals surface area contributed by atoms with Crippen molar-refractivity contribution in [3.63, 3.8) is 0 Å². The van der Waals surface area contributed by atoms with Crippen molar-refractivity contribution in [3.8, 4) is 0 Å². The molecule has 1 aliphatic heterocycles. The monoisotopic (exact) mass is 213 g/mol. The fraction of sp³-hybridized carbons (Fsp3) is 0.600. The first-order valence-electron chi connectivity index (χ1n) is 4.64. The molecule has 84 valence electrons. The molecule has 5 nitrogen and oxygen atoms in total. The Morgan fingerprint density at radius 1 is 1.67 bits per heavy atom. The van der Waals surface area contributed by atoms with E-state index in [4.69, 9.17) is 0 Å². The predicted octanol–water partition coefficient (Wildman–Crippen LogP) is 0.0465. The molecule has 0 bridgehead atoms. The van der Waals surface area contributed by atoms with Crippen LogP contribution < -0.4 is 0 Å². The topological polar surface area (TPSA) is 66.8 Å². The van der Waals surface area contributed by atoms with E-state index in [1.165, 1.54) is 18.2 Å². The molecule has 0 aromatic rings. The second kappa shape index (κ2) is 4.02. The van der Waals surface area contributed by atoms with Gasteiger partial charge in [-0.25, -0.2) is 4.79 Å². The summed E-state index contributed by atoms with van der Waals surface area (Å²) in [7, 11) is 1.27. The minimum Gasteiger partial charge on any atom is -0.466 e. The molecule has 0 aromatic carbocycles. The summed E-state index contributed by atoms with van der Waals surface area (Å²) in [6, 6.07) is 0. The number of hydrogen-bond donors (Lipinski definition) is 1. The molecule has 0 saturated heterocycles. The van der Waals surface area contributed by atoms with Gasteiger partial charge in [0.2, 0.25) is 5.91 Å². The summed E-state index contributed by atoms with van der Waals surface area (Å²) in [6.07, 6.45) is 1.48. The average Bonchev–Trinajstić information content (AvgIpc) is 2.44. The first kappa shape index (κ1) is 11.7. The molecule has 0 saturated carbocycles.